The lowest BCUT2D eigenvalue weighted by molar-refractivity contribution is -0.139. The third kappa shape index (κ3) is 1.16. The SMILES string of the molecule is O=C1Oc2ccc(O)cc2C12CCNCC2. The van der Waals surface area contributed by atoms with Crippen molar-refractivity contribution in [2.75, 3.05) is 13.1 Å². The van der Waals surface area contributed by atoms with Gasteiger partial charge in [-0.25, -0.2) is 0 Å². The second kappa shape index (κ2) is 3.22. The molecule has 0 unspecified atom stereocenters. The zero-order valence-electron chi connectivity index (χ0n) is 8.82. The molecule has 2 aliphatic rings. The summed E-state index contributed by atoms with van der Waals surface area (Å²) in [6, 6.07) is 4.87. The van der Waals surface area contributed by atoms with Crippen molar-refractivity contribution >= 4 is 5.97 Å². The third-order valence-electron chi connectivity index (χ3n) is 3.53. The Hall–Kier alpha value is -1.55. The zero-order chi connectivity index (χ0) is 11.2. The van der Waals surface area contributed by atoms with E-state index in [0.29, 0.717) is 5.75 Å². The molecular formula is C12H13NO3. The number of carbonyl (C=O) groups is 1. The number of hydrogen-bond donors (Lipinski definition) is 2. The number of nitrogens with one attached hydrogen (secondary N) is 1. The molecule has 0 radical (unpaired) electrons. The lowest BCUT2D eigenvalue weighted by Crippen LogP contribution is -2.44. The molecule has 2 aliphatic heterocycles. The summed E-state index contributed by atoms with van der Waals surface area (Å²) in [5.74, 6) is 0.620. The molecule has 0 aromatic heterocycles. The van der Waals surface area contributed by atoms with Gasteiger partial charge in [0.1, 0.15) is 11.5 Å². The second-order valence-corrected chi connectivity index (χ2v) is 4.40. The fourth-order valence-corrected chi connectivity index (χ4v) is 2.62. The van der Waals surface area contributed by atoms with Crippen molar-refractivity contribution in [1.29, 1.82) is 0 Å². The Labute approximate surface area is 93.2 Å². The highest BCUT2D eigenvalue weighted by Gasteiger charge is 2.49. The number of phenolic OH excluding ortho intramolecular Hbond substituents is 1. The number of aromatic hydroxyl groups is 1. The van der Waals surface area contributed by atoms with Crippen molar-refractivity contribution in [2.24, 2.45) is 0 Å². The van der Waals surface area contributed by atoms with E-state index < -0.39 is 5.41 Å². The topological polar surface area (TPSA) is 58.6 Å². The number of esters is 1. The number of phenols is 1. The first-order valence-electron chi connectivity index (χ1n) is 5.49. The molecule has 2 heterocycles. The molecule has 0 aliphatic carbocycles. The second-order valence-electron chi connectivity index (χ2n) is 4.40. The van der Waals surface area contributed by atoms with Gasteiger partial charge in [-0.3, -0.25) is 4.79 Å². The molecule has 2 N–H and O–H groups in total. The molecule has 16 heavy (non-hydrogen) atoms. The molecule has 0 bridgehead atoms. The van der Waals surface area contributed by atoms with Gasteiger partial charge in [-0.2, -0.15) is 0 Å². The number of fused-ring (bicyclic) bond motifs is 2. The fraction of sp³-hybridized carbons (Fsp3) is 0.417. The monoisotopic (exact) mass is 219 g/mol. The molecule has 0 atom stereocenters. The number of hydrogen-bond acceptors (Lipinski definition) is 4. The van der Waals surface area contributed by atoms with E-state index in [9.17, 15) is 9.90 Å². The number of benzene rings is 1. The van der Waals surface area contributed by atoms with Crippen LogP contribution in [-0.4, -0.2) is 24.2 Å². The molecule has 1 spiro atoms. The van der Waals surface area contributed by atoms with Crippen LogP contribution in [0.1, 0.15) is 18.4 Å². The van der Waals surface area contributed by atoms with E-state index >= 15 is 0 Å². The van der Waals surface area contributed by atoms with E-state index in [1.54, 1.807) is 18.2 Å². The number of carbonyl (C=O) groups excluding carboxylic acids is 1. The van der Waals surface area contributed by atoms with Crippen molar-refractivity contribution in [2.45, 2.75) is 18.3 Å². The van der Waals surface area contributed by atoms with Crippen LogP contribution in [0.3, 0.4) is 0 Å². The summed E-state index contributed by atoms with van der Waals surface area (Å²) in [4.78, 5) is 12.0. The summed E-state index contributed by atoms with van der Waals surface area (Å²) in [7, 11) is 0. The van der Waals surface area contributed by atoms with Gasteiger partial charge in [-0.15, -0.1) is 0 Å². The third-order valence-corrected chi connectivity index (χ3v) is 3.53. The lowest BCUT2D eigenvalue weighted by Gasteiger charge is -2.30. The van der Waals surface area contributed by atoms with E-state index in [4.69, 9.17) is 4.74 Å². The molecule has 1 aromatic rings. The van der Waals surface area contributed by atoms with Crippen LogP contribution in [0, 0.1) is 0 Å². The standard InChI is InChI=1S/C12H13NO3/c14-8-1-2-10-9(7-8)12(11(15)16-10)3-5-13-6-4-12/h1-2,7,13-14H,3-6H2. The van der Waals surface area contributed by atoms with Gasteiger partial charge in [-0.1, -0.05) is 0 Å². The Morgan fingerprint density at radius 2 is 2.06 bits per heavy atom. The van der Waals surface area contributed by atoms with Gasteiger partial charge in [0.05, 0.1) is 5.41 Å². The van der Waals surface area contributed by atoms with Gasteiger partial charge in [0.25, 0.3) is 0 Å². The molecule has 1 saturated heterocycles. The van der Waals surface area contributed by atoms with Crippen LogP contribution in [0.5, 0.6) is 11.5 Å². The molecule has 4 heteroatoms. The van der Waals surface area contributed by atoms with E-state index in [-0.39, 0.29) is 11.7 Å². The highest BCUT2D eigenvalue weighted by atomic mass is 16.5. The van der Waals surface area contributed by atoms with Crippen molar-refractivity contribution in [3.8, 4) is 11.5 Å². The lowest BCUT2D eigenvalue weighted by atomic mass is 9.74. The molecular weight excluding hydrogens is 206 g/mol. The Morgan fingerprint density at radius 3 is 2.81 bits per heavy atom. The maximum Gasteiger partial charge on any atom is 0.322 e. The fourth-order valence-electron chi connectivity index (χ4n) is 2.62. The summed E-state index contributed by atoms with van der Waals surface area (Å²) >= 11 is 0. The van der Waals surface area contributed by atoms with Crippen LogP contribution in [0.2, 0.25) is 0 Å². The molecule has 0 amide bonds. The van der Waals surface area contributed by atoms with Gasteiger partial charge >= 0.3 is 5.97 Å². The van der Waals surface area contributed by atoms with Crippen molar-refractivity contribution in [3.05, 3.63) is 23.8 Å². The van der Waals surface area contributed by atoms with Crippen molar-refractivity contribution < 1.29 is 14.6 Å². The molecule has 1 aromatic carbocycles. The smallest absolute Gasteiger partial charge is 0.322 e. The van der Waals surface area contributed by atoms with Gasteiger partial charge in [0.2, 0.25) is 0 Å². The molecule has 0 saturated carbocycles. The van der Waals surface area contributed by atoms with Crippen LogP contribution in [0.4, 0.5) is 0 Å². The molecule has 3 rings (SSSR count). The predicted octanol–water partition coefficient (Wildman–Crippen LogP) is 0.932. The number of ether oxygens (including phenoxy) is 1. The Kier molecular flexibility index (Phi) is 1.94. The van der Waals surface area contributed by atoms with Crippen LogP contribution < -0.4 is 10.1 Å². The van der Waals surface area contributed by atoms with Gasteiger partial charge in [0, 0.05) is 5.56 Å². The number of piperidine rings is 1. The highest BCUT2D eigenvalue weighted by molar-refractivity contribution is 5.91. The molecule has 1 fully saturated rings. The van der Waals surface area contributed by atoms with Crippen molar-refractivity contribution in [3.63, 3.8) is 0 Å². The highest BCUT2D eigenvalue weighted by Crippen LogP contribution is 2.46. The molecule has 84 valence electrons. The Bertz CT molecular complexity index is 450. The maximum absolute atomic E-state index is 12.0. The van der Waals surface area contributed by atoms with E-state index in [0.717, 1.165) is 31.5 Å². The minimum absolute atomic E-state index is 0.172. The largest absolute Gasteiger partial charge is 0.508 e. The van der Waals surface area contributed by atoms with Crippen LogP contribution in [0.15, 0.2) is 18.2 Å². The minimum atomic E-state index is -0.528. The minimum Gasteiger partial charge on any atom is -0.508 e. The van der Waals surface area contributed by atoms with Gasteiger partial charge in [-0.05, 0) is 44.1 Å². The maximum atomic E-state index is 12.0. The normalized spacial score (nSPS) is 21.9. The quantitative estimate of drug-likeness (QED) is 0.503. The van der Waals surface area contributed by atoms with Crippen molar-refractivity contribution in [1.82, 2.24) is 5.32 Å². The average molecular weight is 219 g/mol. The number of rotatable bonds is 0. The predicted molar refractivity (Wildman–Crippen MR) is 57.5 cm³/mol. The van der Waals surface area contributed by atoms with E-state index in [1.807, 2.05) is 0 Å². The van der Waals surface area contributed by atoms with Gasteiger partial charge < -0.3 is 15.2 Å². The van der Waals surface area contributed by atoms with E-state index in [1.165, 1.54) is 0 Å². The first-order chi connectivity index (χ1) is 7.72. The summed E-state index contributed by atoms with van der Waals surface area (Å²) in [5.41, 5.74) is 0.318. The zero-order valence-corrected chi connectivity index (χ0v) is 8.82. The van der Waals surface area contributed by atoms with E-state index in [2.05, 4.69) is 5.32 Å². The van der Waals surface area contributed by atoms with Crippen LogP contribution in [-0.2, 0) is 10.2 Å². The Morgan fingerprint density at radius 1 is 1.31 bits per heavy atom. The molecule has 4 nitrogen and oxygen atoms in total. The average Bonchev–Trinajstić information content (AvgIpc) is 2.55. The van der Waals surface area contributed by atoms with Crippen LogP contribution in [0.25, 0.3) is 0 Å². The summed E-state index contributed by atoms with van der Waals surface area (Å²) in [6.45, 7) is 1.62. The first-order valence-corrected chi connectivity index (χ1v) is 5.49. The van der Waals surface area contributed by atoms with Crippen LogP contribution >= 0.6 is 0 Å². The Balaban J connectivity index is 2.13. The summed E-state index contributed by atoms with van der Waals surface area (Å²) in [6.07, 6.45) is 1.48. The first kappa shape index (κ1) is 9.66. The van der Waals surface area contributed by atoms with Gasteiger partial charge in [0.15, 0.2) is 0 Å². The summed E-state index contributed by atoms with van der Waals surface area (Å²) < 4.78 is 5.28. The summed E-state index contributed by atoms with van der Waals surface area (Å²) in [5, 5.41) is 12.7.